The smallest absolute Gasteiger partial charge is 0.224 e. The van der Waals surface area contributed by atoms with Gasteiger partial charge in [-0.1, -0.05) is 32.0 Å². The lowest BCUT2D eigenvalue weighted by Crippen LogP contribution is -2.40. The fraction of sp³-hybridized carbons (Fsp3) is 0.571. The van der Waals surface area contributed by atoms with Crippen molar-refractivity contribution in [3.8, 4) is 5.75 Å². The van der Waals surface area contributed by atoms with E-state index in [4.69, 9.17) is 4.74 Å². The standard InChI is InChI=1S/C21H28N4O2/c1-13(2)18-24-23-17(25(18)5)11-22-19(26)15-10-21(15)12-20(3,4)27-16-9-7-6-8-14(16)21/h6-9,13,15H,10-12H2,1-5H3,(H,22,26)/t15-,21+/m1/s1. The highest BCUT2D eigenvalue weighted by Crippen LogP contribution is 2.63. The third kappa shape index (κ3) is 3.01. The molecule has 2 aliphatic rings. The number of hydrogen-bond donors (Lipinski definition) is 1. The second-order valence-electron chi connectivity index (χ2n) is 8.85. The molecule has 1 amide bonds. The molecule has 2 aromatic rings. The van der Waals surface area contributed by atoms with E-state index in [1.165, 1.54) is 5.56 Å². The fourth-order valence-electron chi connectivity index (χ4n) is 4.62. The average Bonchev–Trinajstić information content (AvgIpc) is 3.16. The van der Waals surface area contributed by atoms with Crippen LogP contribution in [0.2, 0.25) is 0 Å². The van der Waals surface area contributed by atoms with Crippen LogP contribution in [0.5, 0.6) is 5.75 Å². The highest BCUT2D eigenvalue weighted by Gasteiger charge is 2.63. The number of hydrogen-bond acceptors (Lipinski definition) is 4. The highest BCUT2D eigenvalue weighted by molar-refractivity contribution is 5.85. The van der Waals surface area contributed by atoms with E-state index in [-0.39, 0.29) is 22.8 Å². The van der Waals surface area contributed by atoms with Gasteiger partial charge in [0.05, 0.1) is 6.54 Å². The summed E-state index contributed by atoms with van der Waals surface area (Å²) in [4.78, 5) is 12.9. The largest absolute Gasteiger partial charge is 0.488 e. The van der Waals surface area contributed by atoms with Crippen LogP contribution in [0.4, 0.5) is 0 Å². The lowest BCUT2D eigenvalue weighted by Gasteiger charge is -2.38. The van der Waals surface area contributed by atoms with Crippen LogP contribution in [0.25, 0.3) is 0 Å². The molecule has 6 nitrogen and oxygen atoms in total. The SMILES string of the molecule is CC(C)c1nnc(CNC(=O)[C@H]2C[C@@]23CC(C)(C)Oc2ccccc23)n1C. The minimum Gasteiger partial charge on any atom is -0.488 e. The number of nitrogens with zero attached hydrogens (tertiary/aromatic N) is 3. The molecule has 1 aromatic heterocycles. The van der Waals surface area contributed by atoms with Crippen molar-refractivity contribution in [2.24, 2.45) is 13.0 Å². The number of nitrogens with one attached hydrogen (secondary N) is 1. The number of rotatable bonds is 4. The summed E-state index contributed by atoms with van der Waals surface area (Å²) in [5.74, 6) is 3.02. The molecule has 1 saturated carbocycles. The van der Waals surface area contributed by atoms with Gasteiger partial charge in [-0.2, -0.15) is 0 Å². The Kier molecular flexibility index (Phi) is 4.05. The third-order valence-electron chi connectivity index (χ3n) is 5.88. The molecule has 4 rings (SSSR count). The van der Waals surface area contributed by atoms with Crippen molar-refractivity contribution in [2.75, 3.05) is 0 Å². The van der Waals surface area contributed by atoms with E-state index in [1.54, 1.807) is 0 Å². The van der Waals surface area contributed by atoms with Crippen molar-refractivity contribution in [3.63, 3.8) is 0 Å². The van der Waals surface area contributed by atoms with Crippen LogP contribution in [0, 0.1) is 5.92 Å². The Bertz CT molecular complexity index is 886. The summed E-state index contributed by atoms with van der Waals surface area (Å²) in [6.45, 7) is 8.79. The van der Waals surface area contributed by atoms with Gasteiger partial charge in [0.25, 0.3) is 0 Å². The van der Waals surface area contributed by atoms with Crippen molar-refractivity contribution >= 4 is 5.91 Å². The summed E-state index contributed by atoms with van der Waals surface area (Å²) < 4.78 is 8.11. The number of fused-ring (bicyclic) bond motifs is 2. The molecule has 0 radical (unpaired) electrons. The van der Waals surface area contributed by atoms with Gasteiger partial charge in [0.2, 0.25) is 5.91 Å². The lowest BCUT2D eigenvalue weighted by atomic mass is 9.80. The highest BCUT2D eigenvalue weighted by atomic mass is 16.5. The minimum absolute atomic E-state index is 0.0142. The molecule has 2 heterocycles. The molecule has 27 heavy (non-hydrogen) atoms. The second-order valence-corrected chi connectivity index (χ2v) is 8.85. The molecule has 1 aliphatic carbocycles. The van der Waals surface area contributed by atoms with Gasteiger partial charge in [0.15, 0.2) is 5.82 Å². The first kappa shape index (κ1) is 18.0. The Balaban J connectivity index is 1.49. The zero-order valence-electron chi connectivity index (χ0n) is 16.7. The Labute approximate surface area is 160 Å². The van der Waals surface area contributed by atoms with Crippen LogP contribution in [0.3, 0.4) is 0 Å². The maximum atomic E-state index is 12.9. The molecule has 2 atom stereocenters. The quantitative estimate of drug-likeness (QED) is 0.900. The third-order valence-corrected chi connectivity index (χ3v) is 5.88. The summed E-state index contributed by atoms with van der Waals surface area (Å²) >= 11 is 0. The van der Waals surface area contributed by atoms with Gasteiger partial charge in [0.1, 0.15) is 17.2 Å². The molecular formula is C21H28N4O2. The summed E-state index contributed by atoms with van der Waals surface area (Å²) in [7, 11) is 1.95. The van der Waals surface area contributed by atoms with Crippen LogP contribution >= 0.6 is 0 Å². The maximum Gasteiger partial charge on any atom is 0.224 e. The van der Waals surface area contributed by atoms with Crippen molar-refractivity contribution in [3.05, 3.63) is 41.5 Å². The number of aromatic nitrogens is 3. The van der Waals surface area contributed by atoms with Crippen molar-refractivity contribution < 1.29 is 9.53 Å². The minimum atomic E-state index is -0.265. The van der Waals surface area contributed by atoms with Gasteiger partial charge in [-0.25, -0.2) is 0 Å². The predicted octanol–water partition coefficient (Wildman–Crippen LogP) is 3.07. The van der Waals surface area contributed by atoms with E-state index in [1.807, 2.05) is 29.8 Å². The van der Waals surface area contributed by atoms with Crippen LogP contribution in [-0.2, 0) is 23.8 Å². The van der Waals surface area contributed by atoms with E-state index in [2.05, 4.69) is 49.3 Å². The first-order valence-corrected chi connectivity index (χ1v) is 9.68. The monoisotopic (exact) mass is 368 g/mol. The van der Waals surface area contributed by atoms with Gasteiger partial charge in [-0.3, -0.25) is 4.79 Å². The summed E-state index contributed by atoms with van der Waals surface area (Å²) in [5, 5.41) is 11.5. The van der Waals surface area contributed by atoms with Crippen molar-refractivity contribution in [2.45, 2.75) is 64.0 Å². The van der Waals surface area contributed by atoms with Crippen LogP contribution in [0.1, 0.15) is 63.7 Å². The first-order valence-electron chi connectivity index (χ1n) is 9.68. The Morgan fingerprint density at radius 2 is 2.07 bits per heavy atom. The molecule has 1 spiro atoms. The topological polar surface area (TPSA) is 69.0 Å². The predicted molar refractivity (Wildman–Crippen MR) is 102 cm³/mol. The van der Waals surface area contributed by atoms with Gasteiger partial charge < -0.3 is 14.6 Å². The normalized spacial score (nSPS) is 25.2. The van der Waals surface area contributed by atoms with Gasteiger partial charge in [-0.05, 0) is 32.8 Å². The molecule has 1 aromatic carbocycles. The molecule has 6 heteroatoms. The molecule has 0 bridgehead atoms. The summed E-state index contributed by atoms with van der Waals surface area (Å²) in [6, 6.07) is 8.14. The fourth-order valence-corrected chi connectivity index (χ4v) is 4.62. The van der Waals surface area contributed by atoms with Crippen LogP contribution < -0.4 is 10.1 Å². The molecule has 144 valence electrons. The van der Waals surface area contributed by atoms with Crippen molar-refractivity contribution in [1.82, 2.24) is 20.1 Å². The number of benzene rings is 1. The van der Waals surface area contributed by atoms with E-state index >= 15 is 0 Å². The van der Waals surface area contributed by atoms with E-state index < -0.39 is 0 Å². The van der Waals surface area contributed by atoms with E-state index in [0.717, 1.165) is 30.2 Å². The molecular weight excluding hydrogens is 340 g/mol. The van der Waals surface area contributed by atoms with E-state index in [9.17, 15) is 4.79 Å². The number of ether oxygens (including phenoxy) is 1. The molecule has 0 saturated heterocycles. The number of amides is 1. The number of carbonyl (C=O) groups excluding carboxylic acids is 1. The van der Waals surface area contributed by atoms with Gasteiger partial charge >= 0.3 is 0 Å². The van der Waals surface area contributed by atoms with Gasteiger partial charge in [0, 0.05) is 29.9 Å². The Morgan fingerprint density at radius 3 is 2.78 bits per heavy atom. The average molecular weight is 368 g/mol. The van der Waals surface area contributed by atoms with Crippen molar-refractivity contribution in [1.29, 1.82) is 0 Å². The summed E-state index contributed by atoms with van der Waals surface area (Å²) in [5.41, 5.74) is 0.801. The van der Waals surface area contributed by atoms with Crippen LogP contribution in [0.15, 0.2) is 24.3 Å². The number of carbonyl (C=O) groups is 1. The zero-order valence-corrected chi connectivity index (χ0v) is 16.7. The zero-order chi connectivity index (χ0) is 19.4. The second kappa shape index (κ2) is 6.08. The maximum absolute atomic E-state index is 12.9. The molecule has 1 N–H and O–H groups in total. The first-order chi connectivity index (χ1) is 12.7. The Hall–Kier alpha value is -2.37. The van der Waals surface area contributed by atoms with Gasteiger partial charge in [-0.15, -0.1) is 10.2 Å². The lowest BCUT2D eigenvalue weighted by molar-refractivity contribution is -0.123. The Morgan fingerprint density at radius 1 is 1.33 bits per heavy atom. The van der Waals surface area contributed by atoms with E-state index in [0.29, 0.717) is 12.5 Å². The molecule has 0 unspecified atom stereocenters. The molecule has 1 aliphatic heterocycles. The molecule has 1 fully saturated rings. The summed E-state index contributed by atoms with van der Waals surface area (Å²) in [6.07, 6.45) is 1.73. The van der Waals surface area contributed by atoms with Crippen LogP contribution in [-0.4, -0.2) is 26.3 Å². The number of para-hydroxylation sites is 1.